The highest BCUT2D eigenvalue weighted by atomic mass is 35.5. The quantitative estimate of drug-likeness (QED) is 0.857. The maximum atomic E-state index is 12.0. The zero-order valence-corrected chi connectivity index (χ0v) is 12.6. The van der Waals surface area contributed by atoms with Gasteiger partial charge in [-0.15, -0.1) is 0 Å². The number of nitrogens with one attached hydrogen (secondary N) is 1. The standard InChI is InChI=1S/C15H20ClN3O2/c16-13-6-2-1-4-11(13)8-18-14(20)10-19-7-3-5-12(9-19)15(17)21/h1-2,4,6,12H,3,5,7-10H2,(H2,17,21)(H,18,20)/t12-/m0/s1. The highest BCUT2D eigenvalue weighted by Crippen LogP contribution is 2.16. The molecule has 2 amide bonds. The smallest absolute Gasteiger partial charge is 0.234 e. The number of rotatable bonds is 5. The third kappa shape index (κ3) is 4.72. The molecular weight excluding hydrogens is 290 g/mol. The summed E-state index contributed by atoms with van der Waals surface area (Å²) in [6, 6.07) is 7.42. The Hall–Kier alpha value is -1.59. The Labute approximate surface area is 129 Å². The Morgan fingerprint density at radius 3 is 2.86 bits per heavy atom. The Morgan fingerprint density at radius 2 is 2.14 bits per heavy atom. The van der Waals surface area contributed by atoms with E-state index in [9.17, 15) is 9.59 Å². The van der Waals surface area contributed by atoms with Gasteiger partial charge in [0.1, 0.15) is 0 Å². The van der Waals surface area contributed by atoms with Crippen LogP contribution >= 0.6 is 11.6 Å². The lowest BCUT2D eigenvalue weighted by Gasteiger charge is -2.30. The number of halogens is 1. The van der Waals surface area contributed by atoms with Crippen molar-refractivity contribution < 1.29 is 9.59 Å². The van der Waals surface area contributed by atoms with Gasteiger partial charge in [0.25, 0.3) is 0 Å². The third-order valence-corrected chi connectivity index (χ3v) is 4.08. The number of amides is 2. The minimum Gasteiger partial charge on any atom is -0.369 e. The summed E-state index contributed by atoms with van der Waals surface area (Å²) in [5.74, 6) is -0.494. The number of benzene rings is 1. The van der Waals surface area contributed by atoms with Gasteiger partial charge in [-0.05, 0) is 31.0 Å². The number of nitrogens with two attached hydrogens (primary N) is 1. The summed E-state index contributed by atoms with van der Waals surface area (Å²) in [5.41, 5.74) is 6.22. The van der Waals surface area contributed by atoms with Crippen LogP contribution in [0.1, 0.15) is 18.4 Å². The molecule has 1 aliphatic heterocycles. The molecule has 1 aromatic carbocycles. The number of piperidine rings is 1. The highest BCUT2D eigenvalue weighted by Gasteiger charge is 2.24. The first-order valence-electron chi connectivity index (χ1n) is 7.08. The van der Waals surface area contributed by atoms with Crippen molar-refractivity contribution in [3.8, 4) is 0 Å². The normalized spacial score (nSPS) is 19.2. The Balaban J connectivity index is 1.79. The van der Waals surface area contributed by atoms with E-state index in [0.29, 0.717) is 18.1 Å². The van der Waals surface area contributed by atoms with E-state index >= 15 is 0 Å². The fraction of sp³-hybridized carbons (Fsp3) is 0.467. The van der Waals surface area contributed by atoms with Gasteiger partial charge in [-0.2, -0.15) is 0 Å². The molecule has 6 heteroatoms. The number of hydrogen-bond acceptors (Lipinski definition) is 3. The van der Waals surface area contributed by atoms with E-state index in [0.717, 1.165) is 24.9 Å². The van der Waals surface area contributed by atoms with Crippen LogP contribution in [-0.4, -0.2) is 36.3 Å². The van der Waals surface area contributed by atoms with Gasteiger partial charge in [0.05, 0.1) is 12.5 Å². The van der Waals surface area contributed by atoms with Crippen molar-refractivity contribution in [3.63, 3.8) is 0 Å². The monoisotopic (exact) mass is 309 g/mol. The van der Waals surface area contributed by atoms with Crippen molar-refractivity contribution in [2.75, 3.05) is 19.6 Å². The summed E-state index contributed by atoms with van der Waals surface area (Å²) in [7, 11) is 0. The second-order valence-corrected chi connectivity index (χ2v) is 5.75. The van der Waals surface area contributed by atoms with Crippen LogP contribution in [0.15, 0.2) is 24.3 Å². The Kier molecular flexibility index (Phi) is 5.59. The molecule has 0 unspecified atom stereocenters. The van der Waals surface area contributed by atoms with Crippen molar-refractivity contribution in [1.82, 2.24) is 10.2 Å². The Bertz CT molecular complexity index is 521. The predicted molar refractivity (Wildman–Crippen MR) is 81.7 cm³/mol. The average Bonchev–Trinajstić information content (AvgIpc) is 2.46. The van der Waals surface area contributed by atoms with Crippen molar-refractivity contribution >= 4 is 23.4 Å². The van der Waals surface area contributed by atoms with Crippen LogP contribution in [0, 0.1) is 5.92 Å². The van der Waals surface area contributed by atoms with Gasteiger partial charge in [-0.3, -0.25) is 14.5 Å². The van der Waals surface area contributed by atoms with Crippen LogP contribution in [0.25, 0.3) is 0 Å². The molecule has 1 aliphatic rings. The number of carbonyl (C=O) groups is 2. The molecule has 1 aromatic rings. The Morgan fingerprint density at radius 1 is 1.38 bits per heavy atom. The molecule has 21 heavy (non-hydrogen) atoms. The van der Waals surface area contributed by atoms with Gasteiger partial charge in [-0.25, -0.2) is 0 Å². The largest absolute Gasteiger partial charge is 0.369 e. The van der Waals surface area contributed by atoms with Crippen molar-refractivity contribution in [1.29, 1.82) is 0 Å². The SMILES string of the molecule is NC(=O)[C@H]1CCCN(CC(=O)NCc2ccccc2Cl)C1. The van der Waals surface area contributed by atoms with E-state index in [1.807, 2.05) is 23.1 Å². The highest BCUT2D eigenvalue weighted by molar-refractivity contribution is 6.31. The van der Waals surface area contributed by atoms with Crippen LogP contribution in [0.2, 0.25) is 5.02 Å². The van der Waals surface area contributed by atoms with Gasteiger partial charge in [0.15, 0.2) is 0 Å². The molecule has 5 nitrogen and oxygen atoms in total. The lowest BCUT2D eigenvalue weighted by Crippen LogP contribution is -2.45. The van der Waals surface area contributed by atoms with Crippen LogP contribution in [0.5, 0.6) is 0 Å². The van der Waals surface area contributed by atoms with Crippen molar-refractivity contribution in [2.45, 2.75) is 19.4 Å². The van der Waals surface area contributed by atoms with Crippen LogP contribution < -0.4 is 11.1 Å². The van der Waals surface area contributed by atoms with E-state index in [-0.39, 0.29) is 24.3 Å². The van der Waals surface area contributed by atoms with Gasteiger partial charge in [0, 0.05) is 18.1 Å². The lowest BCUT2D eigenvalue weighted by molar-refractivity contribution is -0.126. The molecule has 0 aromatic heterocycles. The summed E-state index contributed by atoms with van der Waals surface area (Å²) < 4.78 is 0. The van der Waals surface area contributed by atoms with E-state index in [2.05, 4.69) is 5.32 Å². The maximum Gasteiger partial charge on any atom is 0.234 e. The molecule has 1 saturated heterocycles. The van der Waals surface area contributed by atoms with E-state index in [4.69, 9.17) is 17.3 Å². The second kappa shape index (κ2) is 7.43. The fourth-order valence-corrected chi connectivity index (χ4v) is 2.73. The number of primary amides is 1. The van der Waals surface area contributed by atoms with E-state index in [1.165, 1.54) is 0 Å². The van der Waals surface area contributed by atoms with Crippen molar-refractivity contribution in [2.24, 2.45) is 11.7 Å². The van der Waals surface area contributed by atoms with Crippen LogP contribution in [-0.2, 0) is 16.1 Å². The average molecular weight is 310 g/mol. The molecule has 2 rings (SSSR count). The lowest BCUT2D eigenvalue weighted by atomic mass is 9.97. The molecule has 1 heterocycles. The molecule has 1 fully saturated rings. The van der Waals surface area contributed by atoms with Crippen LogP contribution in [0.3, 0.4) is 0 Å². The van der Waals surface area contributed by atoms with Gasteiger partial charge < -0.3 is 11.1 Å². The minimum absolute atomic E-state index is 0.0694. The molecule has 0 bridgehead atoms. The predicted octanol–water partition coefficient (Wildman–Crippen LogP) is 1.15. The molecule has 1 atom stereocenters. The zero-order chi connectivity index (χ0) is 15.2. The first-order chi connectivity index (χ1) is 10.1. The summed E-state index contributed by atoms with van der Waals surface area (Å²) in [4.78, 5) is 25.1. The first-order valence-corrected chi connectivity index (χ1v) is 7.46. The van der Waals surface area contributed by atoms with Gasteiger partial charge in [0.2, 0.25) is 11.8 Å². The van der Waals surface area contributed by atoms with Gasteiger partial charge in [-0.1, -0.05) is 29.8 Å². The number of hydrogen-bond donors (Lipinski definition) is 2. The van der Waals surface area contributed by atoms with Gasteiger partial charge >= 0.3 is 0 Å². The topological polar surface area (TPSA) is 75.4 Å². The molecular formula is C15H20ClN3O2. The molecule has 0 saturated carbocycles. The summed E-state index contributed by atoms with van der Waals surface area (Å²) in [5, 5.41) is 3.49. The van der Waals surface area contributed by atoms with E-state index < -0.39 is 0 Å². The van der Waals surface area contributed by atoms with Crippen molar-refractivity contribution in [3.05, 3.63) is 34.9 Å². The minimum atomic E-state index is -0.281. The molecule has 0 spiro atoms. The maximum absolute atomic E-state index is 12.0. The molecule has 0 radical (unpaired) electrons. The molecule has 3 N–H and O–H groups in total. The number of carbonyl (C=O) groups excluding carboxylic acids is 2. The summed E-state index contributed by atoms with van der Waals surface area (Å²) in [6.45, 7) is 2.08. The zero-order valence-electron chi connectivity index (χ0n) is 11.8. The second-order valence-electron chi connectivity index (χ2n) is 5.34. The van der Waals surface area contributed by atoms with Crippen LogP contribution in [0.4, 0.5) is 0 Å². The molecule has 0 aliphatic carbocycles. The summed E-state index contributed by atoms with van der Waals surface area (Å²) in [6.07, 6.45) is 1.71. The number of likely N-dealkylation sites (tertiary alicyclic amines) is 1. The molecule has 114 valence electrons. The number of nitrogens with zero attached hydrogens (tertiary/aromatic N) is 1. The first kappa shape index (κ1) is 15.8. The fourth-order valence-electron chi connectivity index (χ4n) is 2.53. The third-order valence-electron chi connectivity index (χ3n) is 3.71. The van der Waals surface area contributed by atoms with E-state index in [1.54, 1.807) is 6.07 Å². The summed E-state index contributed by atoms with van der Waals surface area (Å²) >= 11 is 6.04.